The van der Waals surface area contributed by atoms with Crippen LogP contribution in [0.1, 0.15) is 0 Å². The Kier molecular flexibility index (Phi) is 2.84. The van der Waals surface area contributed by atoms with E-state index < -0.39 is 0 Å². The third-order valence-corrected chi connectivity index (χ3v) is 2.81. The molecule has 0 aromatic heterocycles. The van der Waals surface area contributed by atoms with Crippen molar-refractivity contribution in [2.45, 2.75) is 4.90 Å². The van der Waals surface area contributed by atoms with Crippen LogP contribution in [0.25, 0.3) is 0 Å². The smallest absolute Gasteiger partial charge is 0.0372 e. The van der Waals surface area contributed by atoms with E-state index in [4.69, 9.17) is 0 Å². The molecule has 1 rings (SSSR count). The number of hydrogen-bond acceptors (Lipinski definition) is 2. The second-order valence-electron chi connectivity index (χ2n) is 2.53. The Bertz CT molecular complexity index is 260. The second kappa shape index (κ2) is 3.50. The van der Waals surface area contributed by atoms with Gasteiger partial charge in [0.05, 0.1) is 0 Å². The van der Waals surface area contributed by atoms with Crippen molar-refractivity contribution in [2.24, 2.45) is 0 Å². The average molecular weight is 232 g/mol. The first-order valence-electron chi connectivity index (χ1n) is 3.27. The molecule has 0 saturated carbocycles. The highest BCUT2D eigenvalue weighted by Crippen LogP contribution is 2.24. The number of anilines is 1. The summed E-state index contributed by atoms with van der Waals surface area (Å²) in [4.78, 5) is 3.02. The molecule has 0 spiro atoms. The molecule has 3 heteroatoms. The van der Waals surface area contributed by atoms with Crippen LogP contribution in [-0.4, -0.2) is 14.1 Å². The van der Waals surface area contributed by atoms with Crippen molar-refractivity contribution >= 4 is 34.2 Å². The van der Waals surface area contributed by atoms with Crippen LogP contribution in [0.3, 0.4) is 0 Å². The van der Waals surface area contributed by atoms with Crippen molar-refractivity contribution in [3.05, 3.63) is 22.7 Å². The van der Waals surface area contributed by atoms with E-state index in [0.717, 1.165) is 9.37 Å². The molecule has 0 heterocycles. The van der Waals surface area contributed by atoms with E-state index in [9.17, 15) is 0 Å². The summed E-state index contributed by atoms with van der Waals surface area (Å²) in [6.45, 7) is 0. The largest absolute Gasteiger partial charge is 0.378 e. The van der Waals surface area contributed by atoms with E-state index >= 15 is 0 Å². The highest BCUT2D eigenvalue weighted by molar-refractivity contribution is 9.10. The standard InChI is InChI=1S/C8H10BrNS/c1-10(2)6-3-4-7(9)8(11)5-6/h3-5,11H,1-2H3. The van der Waals surface area contributed by atoms with Gasteiger partial charge in [-0.05, 0) is 34.1 Å². The van der Waals surface area contributed by atoms with Crippen molar-refractivity contribution in [1.82, 2.24) is 0 Å². The summed E-state index contributed by atoms with van der Waals surface area (Å²) in [5.74, 6) is 0. The molecule has 1 aromatic carbocycles. The van der Waals surface area contributed by atoms with E-state index in [1.54, 1.807) is 0 Å². The molecule has 0 aliphatic heterocycles. The summed E-state index contributed by atoms with van der Waals surface area (Å²) < 4.78 is 1.03. The van der Waals surface area contributed by atoms with Crippen molar-refractivity contribution < 1.29 is 0 Å². The van der Waals surface area contributed by atoms with Gasteiger partial charge in [0.15, 0.2) is 0 Å². The number of rotatable bonds is 1. The van der Waals surface area contributed by atoms with Gasteiger partial charge >= 0.3 is 0 Å². The van der Waals surface area contributed by atoms with Crippen LogP contribution >= 0.6 is 28.6 Å². The van der Waals surface area contributed by atoms with Crippen molar-refractivity contribution in [3.63, 3.8) is 0 Å². The number of halogens is 1. The van der Waals surface area contributed by atoms with Crippen LogP contribution in [0.15, 0.2) is 27.6 Å². The zero-order valence-electron chi connectivity index (χ0n) is 6.50. The number of nitrogens with zero attached hydrogens (tertiary/aromatic N) is 1. The summed E-state index contributed by atoms with van der Waals surface area (Å²) in [5.41, 5.74) is 1.16. The number of hydrogen-bond donors (Lipinski definition) is 1. The lowest BCUT2D eigenvalue weighted by atomic mass is 10.3. The molecular formula is C8H10BrNS. The predicted octanol–water partition coefficient (Wildman–Crippen LogP) is 2.80. The van der Waals surface area contributed by atoms with Crippen LogP contribution in [0, 0.1) is 0 Å². The molecular weight excluding hydrogens is 222 g/mol. The van der Waals surface area contributed by atoms with Gasteiger partial charge in [-0.15, -0.1) is 12.6 Å². The molecule has 0 aliphatic carbocycles. The minimum atomic E-state index is 0.969. The lowest BCUT2D eigenvalue weighted by molar-refractivity contribution is 1.12. The highest BCUT2D eigenvalue weighted by atomic mass is 79.9. The molecule has 0 unspecified atom stereocenters. The molecule has 0 fully saturated rings. The van der Waals surface area contributed by atoms with E-state index in [2.05, 4.69) is 28.6 Å². The SMILES string of the molecule is CN(C)c1ccc(Br)c(S)c1. The molecule has 0 saturated heterocycles. The molecule has 0 radical (unpaired) electrons. The third kappa shape index (κ3) is 2.14. The lowest BCUT2D eigenvalue weighted by Crippen LogP contribution is -2.08. The Morgan fingerprint density at radius 1 is 1.36 bits per heavy atom. The van der Waals surface area contributed by atoms with Crippen LogP contribution in [0.4, 0.5) is 5.69 Å². The maximum absolute atomic E-state index is 4.29. The zero-order chi connectivity index (χ0) is 8.43. The zero-order valence-corrected chi connectivity index (χ0v) is 8.98. The van der Waals surface area contributed by atoms with Gasteiger partial charge < -0.3 is 4.90 Å². The van der Waals surface area contributed by atoms with Crippen LogP contribution in [0.2, 0.25) is 0 Å². The first-order valence-corrected chi connectivity index (χ1v) is 4.51. The molecule has 0 atom stereocenters. The van der Waals surface area contributed by atoms with E-state index in [1.165, 1.54) is 5.69 Å². The van der Waals surface area contributed by atoms with Crippen LogP contribution in [0.5, 0.6) is 0 Å². The highest BCUT2D eigenvalue weighted by Gasteiger charge is 1.98. The molecule has 1 aromatic rings. The van der Waals surface area contributed by atoms with Gasteiger partial charge in [-0.3, -0.25) is 0 Å². The Hall–Kier alpha value is -0.150. The molecule has 0 bridgehead atoms. The maximum Gasteiger partial charge on any atom is 0.0372 e. The molecule has 0 amide bonds. The van der Waals surface area contributed by atoms with Gasteiger partial charge in [0.25, 0.3) is 0 Å². The Morgan fingerprint density at radius 3 is 2.45 bits per heavy atom. The molecule has 0 N–H and O–H groups in total. The Labute approximate surface area is 80.9 Å². The Balaban J connectivity index is 3.05. The van der Waals surface area contributed by atoms with Crippen LogP contribution < -0.4 is 4.90 Å². The van der Waals surface area contributed by atoms with Gasteiger partial charge in [-0.2, -0.15) is 0 Å². The first kappa shape index (κ1) is 8.94. The summed E-state index contributed by atoms with van der Waals surface area (Å²) in [7, 11) is 4.02. The topological polar surface area (TPSA) is 3.24 Å². The van der Waals surface area contributed by atoms with E-state index in [1.807, 2.05) is 37.2 Å². The van der Waals surface area contributed by atoms with Gasteiger partial charge in [-0.1, -0.05) is 0 Å². The molecule has 11 heavy (non-hydrogen) atoms. The van der Waals surface area contributed by atoms with Gasteiger partial charge in [-0.25, -0.2) is 0 Å². The minimum absolute atomic E-state index is 0.969. The van der Waals surface area contributed by atoms with Crippen molar-refractivity contribution in [3.8, 4) is 0 Å². The molecule has 1 nitrogen and oxygen atoms in total. The van der Waals surface area contributed by atoms with Gasteiger partial charge in [0, 0.05) is 29.2 Å². The number of benzene rings is 1. The molecule has 60 valence electrons. The van der Waals surface area contributed by atoms with Crippen molar-refractivity contribution in [2.75, 3.05) is 19.0 Å². The number of thiol groups is 1. The molecule has 0 aliphatic rings. The fourth-order valence-electron chi connectivity index (χ4n) is 0.779. The quantitative estimate of drug-likeness (QED) is 0.728. The third-order valence-electron chi connectivity index (χ3n) is 1.45. The minimum Gasteiger partial charge on any atom is -0.378 e. The van der Waals surface area contributed by atoms with E-state index in [-0.39, 0.29) is 0 Å². The maximum atomic E-state index is 4.29. The fraction of sp³-hybridized carbons (Fsp3) is 0.250. The summed E-state index contributed by atoms with van der Waals surface area (Å²) in [6.07, 6.45) is 0. The predicted molar refractivity (Wildman–Crippen MR) is 55.7 cm³/mol. The second-order valence-corrected chi connectivity index (χ2v) is 3.87. The van der Waals surface area contributed by atoms with E-state index in [0.29, 0.717) is 0 Å². The van der Waals surface area contributed by atoms with Gasteiger partial charge in [0.2, 0.25) is 0 Å². The summed E-state index contributed by atoms with van der Waals surface area (Å²) in [6, 6.07) is 6.06. The lowest BCUT2D eigenvalue weighted by Gasteiger charge is -2.12. The monoisotopic (exact) mass is 231 g/mol. The normalized spacial score (nSPS) is 9.82. The summed E-state index contributed by atoms with van der Waals surface area (Å²) >= 11 is 7.67. The summed E-state index contributed by atoms with van der Waals surface area (Å²) in [5, 5.41) is 0. The fourth-order valence-corrected chi connectivity index (χ4v) is 1.23. The van der Waals surface area contributed by atoms with Crippen molar-refractivity contribution in [1.29, 1.82) is 0 Å². The Morgan fingerprint density at radius 2 is 2.00 bits per heavy atom. The van der Waals surface area contributed by atoms with Gasteiger partial charge in [0.1, 0.15) is 0 Å². The van der Waals surface area contributed by atoms with Crippen LogP contribution in [-0.2, 0) is 0 Å². The average Bonchev–Trinajstić information content (AvgIpc) is 1.94. The first-order chi connectivity index (χ1) is 5.11.